The number of amides is 1. The van der Waals surface area contributed by atoms with Crippen molar-refractivity contribution in [2.75, 3.05) is 6.54 Å². The summed E-state index contributed by atoms with van der Waals surface area (Å²) >= 11 is 0. The van der Waals surface area contributed by atoms with Gasteiger partial charge in [0.05, 0.1) is 5.92 Å². The normalized spacial score (nSPS) is 17.0. The highest BCUT2D eigenvalue weighted by molar-refractivity contribution is 5.86. The van der Waals surface area contributed by atoms with E-state index in [4.69, 9.17) is 9.84 Å². The number of benzene rings is 2. The quantitative estimate of drug-likeness (QED) is 0.905. The van der Waals surface area contributed by atoms with Crippen LogP contribution in [0.2, 0.25) is 0 Å². The van der Waals surface area contributed by atoms with Crippen molar-refractivity contribution >= 4 is 11.9 Å². The Morgan fingerprint density at radius 3 is 2.56 bits per heavy atom. The van der Waals surface area contributed by atoms with E-state index in [0.29, 0.717) is 6.54 Å². The van der Waals surface area contributed by atoms with E-state index in [1.165, 1.54) is 5.56 Å². The summed E-state index contributed by atoms with van der Waals surface area (Å²) in [6, 6.07) is 13.5. The summed E-state index contributed by atoms with van der Waals surface area (Å²) in [7, 11) is 0. The van der Waals surface area contributed by atoms with Crippen molar-refractivity contribution in [3.05, 3.63) is 59.2 Å². The van der Waals surface area contributed by atoms with Crippen LogP contribution < -0.4 is 4.74 Å². The molecule has 1 aliphatic rings. The third-order valence-electron chi connectivity index (χ3n) is 4.64. The summed E-state index contributed by atoms with van der Waals surface area (Å²) in [5.74, 6) is -0.0592. The summed E-state index contributed by atoms with van der Waals surface area (Å²) in [5, 5.41) is 9.04. The molecule has 1 aliphatic heterocycles. The number of hydrogen-bond acceptors (Lipinski definition) is 3. The van der Waals surface area contributed by atoms with E-state index in [1.54, 1.807) is 4.90 Å². The molecule has 0 spiro atoms. The molecule has 1 N–H and O–H groups in total. The molecule has 1 fully saturated rings. The highest BCUT2D eigenvalue weighted by atomic mass is 16.5. The summed E-state index contributed by atoms with van der Waals surface area (Å²) in [4.78, 5) is 24.5. The standard InChI is InChI=1S/C20H21NO4/c1-13-4-3-5-18(14(13)2)25-17-8-6-15(7-9-17)11-21-12-16(20(23)24)10-19(21)22/h3-9,16H,10-12H2,1-2H3,(H,23,24). The maximum atomic E-state index is 11.9. The molecule has 0 radical (unpaired) electrons. The van der Waals surface area contributed by atoms with E-state index in [-0.39, 0.29) is 18.9 Å². The Hall–Kier alpha value is -2.82. The summed E-state index contributed by atoms with van der Waals surface area (Å²) in [5.41, 5.74) is 3.23. The highest BCUT2D eigenvalue weighted by Gasteiger charge is 2.33. The molecule has 2 aromatic rings. The van der Waals surface area contributed by atoms with E-state index >= 15 is 0 Å². The Morgan fingerprint density at radius 2 is 1.92 bits per heavy atom. The van der Waals surface area contributed by atoms with Crippen LogP contribution in [0.1, 0.15) is 23.1 Å². The zero-order valence-electron chi connectivity index (χ0n) is 14.4. The smallest absolute Gasteiger partial charge is 0.308 e. The first-order valence-electron chi connectivity index (χ1n) is 8.27. The van der Waals surface area contributed by atoms with Gasteiger partial charge in [0.2, 0.25) is 5.91 Å². The fourth-order valence-electron chi connectivity index (χ4n) is 2.94. The van der Waals surface area contributed by atoms with Crippen molar-refractivity contribution in [3.63, 3.8) is 0 Å². The van der Waals surface area contributed by atoms with Gasteiger partial charge >= 0.3 is 5.97 Å². The number of aliphatic carboxylic acids is 1. The molecule has 0 aromatic heterocycles. The van der Waals surface area contributed by atoms with Gasteiger partial charge in [-0.05, 0) is 48.7 Å². The minimum atomic E-state index is -0.909. The third-order valence-corrected chi connectivity index (χ3v) is 4.64. The number of hydrogen-bond donors (Lipinski definition) is 1. The monoisotopic (exact) mass is 339 g/mol. The average Bonchev–Trinajstić information content (AvgIpc) is 2.95. The van der Waals surface area contributed by atoms with E-state index in [9.17, 15) is 9.59 Å². The molecule has 5 heteroatoms. The summed E-state index contributed by atoms with van der Waals surface area (Å²) in [6.45, 7) is 4.76. The second kappa shape index (κ2) is 6.97. The van der Waals surface area contributed by atoms with Gasteiger partial charge in [0.15, 0.2) is 0 Å². The molecule has 25 heavy (non-hydrogen) atoms. The number of nitrogens with zero attached hydrogens (tertiary/aromatic N) is 1. The van der Waals surface area contributed by atoms with Gasteiger partial charge in [0.25, 0.3) is 0 Å². The van der Waals surface area contributed by atoms with Gasteiger partial charge in [0.1, 0.15) is 11.5 Å². The number of aryl methyl sites for hydroxylation is 1. The molecule has 1 amide bonds. The van der Waals surface area contributed by atoms with Crippen molar-refractivity contribution < 1.29 is 19.4 Å². The van der Waals surface area contributed by atoms with Crippen molar-refractivity contribution in [3.8, 4) is 11.5 Å². The fourth-order valence-corrected chi connectivity index (χ4v) is 2.94. The number of carbonyl (C=O) groups is 2. The predicted octanol–water partition coefficient (Wildman–Crippen LogP) is 3.53. The Morgan fingerprint density at radius 1 is 1.20 bits per heavy atom. The topological polar surface area (TPSA) is 66.8 Å². The van der Waals surface area contributed by atoms with E-state index < -0.39 is 11.9 Å². The van der Waals surface area contributed by atoms with Gasteiger partial charge < -0.3 is 14.7 Å². The first-order valence-corrected chi connectivity index (χ1v) is 8.27. The fraction of sp³-hybridized carbons (Fsp3) is 0.300. The molecule has 0 bridgehead atoms. The van der Waals surface area contributed by atoms with E-state index in [0.717, 1.165) is 22.6 Å². The van der Waals surface area contributed by atoms with Gasteiger partial charge in [-0.25, -0.2) is 0 Å². The van der Waals surface area contributed by atoms with Gasteiger partial charge in [-0.3, -0.25) is 9.59 Å². The zero-order chi connectivity index (χ0) is 18.0. The van der Waals surface area contributed by atoms with Gasteiger partial charge in [-0.15, -0.1) is 0 Å². The number of rotatable bonds is 5. The van der Waals surface area contributed by atoms with Gasteiger partial charge in [-0.2, -0.15) is 0 Å². The van der Waals surface area contributed by atoms with Crippen LogP contribution in [-0.4, -0.2) is 28.4 Å². The van der Waals surface area contributed by atoms with Crippen molar-refractivity contribution in [1.82, 2.24) is 4.90 Å². The van der Waals surface area contributed by atoms with Crippen LogP contribution in [-0.2, 0) is 16.1 Å². The molecular formula is C20H21NO4. The van der Waals surface area contributed by atoms with Crippen LogP contribution in [0.3, 0.4) is 0 Å². The van der Waals surface area contributed by atoms with E-state index in [1.807, 2.05) is 56.3 Å². The number of carboxylic acids is 1. The van der Waals surface area contributed by atoms with Crippen LogP contribution in [0, 0.1) is 19.8 Å². The molecule has 5 nitrogen and oxygen atoms in total. The molecule has 3 rings (SSSR count). The maximum Gasteiger partial charge on any atom is 0.308 e. The molecule has 1 unspecified atom stereocenters. The van der Waals surface area contributed by atoms with E-state index in [2.05, 4.69) is 0 Å². The second-order valence-electron chi connectivity index (χ2n) is 6.46. The maximum absolute atomic E-state index is 11.9. The number of ether oxygens (including phenoxy) is 1. The molecule has 130 valence electrons. The van der Waals surface area contributed by atoms with Gasteiger partial charge in [-0.1, -0.05) is 24.3 Å². The summed E-state index contributed by atoms with van der Waals surface area (Å²) in [6.07, 6.45) is 0.0865. The van der Waals surface area contributed by atoms with Crippen molar-refractivity contribution in [1.29, 1.82) is 0 Å². The molecule has 0 aliphatic carbocycles. The SMILES string of the molecule is Cc1cccc(Oc2ccc(CN3CC(C(=O)O)CC3=O)cc2)c1C. The molecular weight excluding hydrogens is 318 g/mol. The zero-order valence-corrected chi connectivity index (χ0v) is 14.4. The number of carbonyl (C=O) groups excluding carboxylic acids is 1. The predicted molar refractivity (Wildman–Crippen MR) is 93.6 cm³/mol. The summed E-state index contributed by atoms with van der Waals surface area (Å²) < 4.78 is 5.93. The molecule has 1 atom stereocenters. The first kappa shape index (κ1) is 17.0. The Bertz CT molecular complexity index is 798. The minimum Gasteiger partial charge on any atom is -0.481 e. The van der Waals surface area contributed by atoms with Crippen molar-refractivity contribution in [2.24, 2.45) is 5.92 Å². The Kier molecular flexibility index (Phi) is 4.74. The Balaban J connectivity index is 1.66. The van der Waals surface area contributed by atoms with Crippen LogP contribution in [0.5, 0.6) is 11.5 Å². The lowest BCUT2D eigenvalue weighted by molar-refractivity contribution is -0.141. The minimum absolute atomic E-state index is 0.0865. The molecule has 0 saturated carbocycles. The van der Waals surface area contributed by atoms with Gasteiger partial charge in [0, 0.05) is 19.5 Å². The highest BCUT2D eigenvalue weighted by Crippen LogP contribution is 2.27. The largest absolute Gasteiger partial charge is 0.481 e. The lowest BCUT2D eigenvalue weighted by Gasteiger charge is -2.16. The third kappa shape index (κ3) is 3.82. The number of likely N-dealkylation sites (tertiary alicyclic amines) is 1. The van der Waals surface area contributed by atoms with Crippen LogP contribution in [0.15, 0.2) is 42.5 Å². The van der Waals surface area contributed by atoms with Crippen LogP contribution in [0.25, 0.3) is 0 Å². The van der Waals surface area contributed by atoms with Crippen molar-refractivity contribution in [2.45, 2.75) is 26.8 Å². The molecule has 1 saturated heterocycles. The first-order chi connectivity index (χ1) is 11.9. The molecule has 1 heterocycles. The number of carboxylic acid groups (broad SMARTS) is 1. The molecule has 2 aromatic carbocycles. The lowest BCUT2D eigenvalue weighted by atomic mass is 10.1. The van der Waals surface area contributed by atoms with Crippen LogP contribution in [0.4, 0.5) is 0 Å². The average molecular weight is 339 g/mol. The van der Waals surface area contributed by atoms with Crippen LogP contribution >= 0.6 is 0 Å². The lowest BCUT2D eigenvalue weighted by Crippen LogP contribution is -2.25. The second-order valence-corrected chi connectivity index (χ2v) is 6.46. The Labute approximate surface area is 146 Å².